The molecule has 0 amide bonds. The van der Waals surface area contributed by atoms with Crippen LogP contribution >= 0.6 is 0 Å². The first-order chi connectivity index (χ1) is 18.5. The minimum Gasteiger partial charge on any atom is -0.300 e. The highest BCUT2D eigenvalue weighted by atomic mass is 16.2. The Morgan fingerprint density at radius 2 is 1.87 bits per heavy atom. The summed E-state index contributed by atoms with van der Waals surface area (Å²) >= 11 is 0. The van der Waals surface area contributed by atoms with Crippen LogP contribution in [0.5, 0.6) is 0 Å². The van der Waals surface area contributed by atoms with Crippen LogP contribution in [0, 0.1) is 11.8 Å². The van der Waals surface area contributed by atoms with Crippen LogP contribution in [-0.4, -0.2) is 47.8 Å². The Labute approximate surface area is 220 Å². The number of hydrogen-bond acceptors (Lipinski definition) is 6. The van der Waals surface area contributed by atoms with Crippen molar-refractivity contribution >= 4 is 11.0 Å². The normalized spacial score (nSPS) is 29.6. The number of rotatable bonds is 3. The lowest BCUT2D eigenvalue weighted by atomic mass is 9.81. The summed E-state index contributed by atoms with van der Waals surface area (Å²) in [5.74, 6) is 1.09. The summed E-state index contributed by atoms with van der Waals surface area (Å²) in [6.45, 7) is 0.992. The fraction of sp³-hybridized carbons (Fsp3) is 0.552. The topological polar surface area (TPSA) is 106 Å². The van der Waals surface area contributed by atoms with E-state index in [0.29, 0.717) is 23.5 Å². The number of H-pyrrole nitrogens is 1. The number of aromatic amines is 1. The number of allylic oxidation sites excluding steroid dienone is 1. The second kappa shape index (κ2) is 9.45. The zero-order valence-corrected chi connectivity index (χ0v) is 21.6. The van der Waals surface area contributed by atoms with E-state index in [4.69, 9.17) is 0 Å². The third-order valence-corrected chi connectivity index (χ3v) is 9.45. The Morgan fingerprint density at radius 3 is 2.76 bits per heavy atom. The first kappa shape index (κ1) is 23.8. The average molecular weight is 515 g/mol. The van der Waals surface area contributed by atoms with Gasteiger partial charge in [0.15, 0.2) is 0 Å². The van der Waals surface area contributed by atoms with E-state index in [0.717, 1.165) is 48.1 Å². The van der Waals surface area contributed by atoms with Gasteiger partial charge < -0.3 is 4.57 Å². The maximum atomic E-state index is 14.0. The van der Waals surface area contributed by atoms with E-state index in [1.54, 1.807) is 5.57 Å². The van der Waals surface area contributed by atoms with E-state index in [-0.39, 0.29) is 17.4 Å². The van der Waals surface area contributed by atoms with Gasteiger partial charge in [0, 0.05) is 24.7 Å². The van der Waals surface area contributed by atoms with Crippen LogP contribution in [0.4, 0.5) is 0 Å². The van der Waals surface area contributed by atoms with E-state index in [1.807, 2.05) is 28.8 Å². The molecule has 5 atom stereocenters. The lowest BCUT2D eigenvalue weighted by Crippen LogP contribution is -2.52. The fourth-order valence-electron chi connectivity index (χ4n) is 7.79. The van der Waals surface area contributed by atoms with Gasteiger partial charge in [0.25, 0.3) is 11.1 Å². The molecule has 8 rings (SSSR count). The van der Waals surface area contributed by atoms with E-state index in [1.165, 1.54) is 44.9 Å². The fourth-order valence-corrected chi connectivity index (χ4v) is 7.79. The van der Waals surface area contributed by atoms with Gasteiger partial charge in [-0.25, -0.2) is 9.78 Å². The summed E-state index contributed by atoms with van der Waals surface area (Å²) in [6, 6.07) is 8.59. The number of para-hydroxylation sites is 2. The first-order valence-electron chi connectivity index (χ1n) is 14.2. The number of hydrogen-bond donors (Lipinski definition) is 1. The Morgan fingerprint density at radius 1 is 0.974 bits per heavy atom. The highest BCUT2D eigenvalue weighted by Gasteiger charge is 2.43. The molecule has 5 aliphatic rings. The van der Waals surface area contributed by atoms with Crippen LogP contribution in [0.3, 0.4) is 0 Å². The summed E-state index contributed by atoms with van der Waals surface area (Å²) < 4.78 is 2.81. The molecule has 4 fully saturated rings. The second-order valence-corrected chi connectivity index (χ2v) is 11.7. The highest BCUT2D eigenvalue weighted by molar-refractivity contribution is 5.75. The second-order valence-electron chi connectivity index (χ2n) is 11.7. The summed E-state index contributed by atoms with van der Waals surface area (Å²) in [5.41, 5.74) is 1.39. The molecule has 1 N–H and O–H groups in total. The molecule has 198 valence electrons. The average Bonchev–Trinajstić information content (AvgIpc) is 3.32. The third kappa shape index (κ3) is 4.08. The van der Waals surface area contributed by atoms with Crippen molar-refractivity contribution in [3.8, 4) is 5.82 Å². The molecule has 4 bridgehead atoms. The largest absolute Gasteiger partial charge is 0.351 e. The van der Waals surface area contributed by atoms with Gasteiger partial charge in [-0.05, 0) is 68.9 Å². The zero-order valence-electron chi connectivity index (χ0n) is 21.6. The number of aromatic nitrogens is 5. The van der Waals surface area contributed by atoms with Crippen molar-refractivity contribution in [2.24, 2.45) is 11.8 Å². The maximum absolute atomic E-state index is 14.0. The van der Waals surface area contributed by atoms with E-state index in [9.17, 15) is 14.4 Å². The van der Waals surface area contributed by atoms with Gasteiger partial charge in [0.1, 0.15) is 6.20 Å². The van der Waals surface area contributed by atoms with Crippen molar-refractivity contribution in [1.82, 2.24) is 29.2 Å². The molecule has 3 aliphatic carbocycles. The van der Waals surface area contributed by atoms with Gasteiger partial charge >= 0.3 is 5.69 Å². The Bertz CT molecular complexity index is 1590. The summed E-state index contributed by atoms with van der Waals surface area (Å²) in [4.78, 5) is 47.7. The smallest absolute Gasteiger partial charge is 0.300 e. The zero-order chi connectivity index (χ0) is 25.8. The van der Waals surface area contributed by atoms with Gasteiger partial charge in [-0.2, -0.15) is 9.78 Å². The third-order valence-electron chi connectivity index (χ3n) is 9.45. The predicted molar refractivity (Wildman–Crippen MR) is 145 cm³/mol. The number of benzene rings is 1. The van der Waals surface area contributed by atoms with Crippen molar-refractivity contribution < 1.29 is 0 Å². The maximum Gasteiger partial charge on any atom is 0.351 e. The molecule has 2 aromatic heterocycles. The predicted octanol–water partition coefficient (Wildman–Crippen LogP) is 3.33. The molecule has 2 saturated heterocycles. The van der Waals surface area contributed by atoms with Crippen LogP contribution in [0.25, 0.3) is 16.9 Å². The number of fused-ring (bicyclic) bond motifs is 7. The number of nitrogens with zero attached hydrogens (tertiary/aromatic N) is 5. The Kier molecular flexibility index (Phi) is 5.91. The molecule has 4 heterocycles. The Balaban J connectivity index is 1.30. The van der Waals surface area contributed by atoms with Gasteiger partial charge in [0.05, 0.1) is 11.0 Å². The molecule has 9 heteroatoms. The SMILES string of the molecule is O=c1cnn(-c2nc3ccccc3n(C3CC4CCCC3CN4C3C=C4CCCCC(C4)C3)c2=O)c(=O)[nH]1. The lowest BCUT2D eigenvalue weighted by Gasteiger charge is -2.47. The minimum atomic E-state index is -0.760. The van der Waals surface area contributed by atoms with Crippen LogP contribution in [0.1, 0.15) is 70.3 Å². The molecular formula is C29H34N6O3. The van der Waals surface area contributed by atoms with Crippen molar-refractivity contribution in [2.45, 2.75) is 82.3 Å². The Hall–Kier alpha value is -3.33. The standard InChI is InChI=1S/C29H34N6O3/c36-26-16-30-35(29(38)32-26)27-28(37)34(24-11-4-3-10-23(24)31-27)25-15-21-9-5-8-20(25)17-33(21)22-13-18-6-1-2-7-19(12-18)14-22/h3-4,10-11,13,16,19-22,25H,1-2,5-9,12,14-15,17H2,(H,32,36,38). The molecular weight excluding hydrogens is 480 g/mol. The van der Waals surface area contributed by atoms with Crippen LogP contribution in [-0.2, 0) is 0 Å². The summed E-state index contributed by atoms with van der Waals surface area (Å²) in [6.07, 6.45) is 15.8. The van der Waals surface area contributed by atoms with Gasteiger partial charge in [-0.1, -0.05) is 43.0 Å². The number of nitrogens with one attached hydrogen (secondary N) is 1. The van der Waals surface area contributed by atoms with Crippen molar-refractivity contribution in [1.29, 1.82) is 0 Å². The molecule has 9 nitrogen and oxygen atoms in total. The van der Waals surface area contributed by atoms with Crippen molar-refractivity contribution in [3.63, 3.8) is 0 Å². The van der Waals surface area contributed by atoms with Crippen LogP contribution < -0.4 is 16.8 Å². The van der Waals surface area contributed by atoms with E-state index >= 15 is 0 Å². The highest BCUT2D eigenvalue weighted by Crippen LogP contribution is 2.44. The van der Waals surface area contributed by atoms with Gasteiger partial charge in [-0.3, -0.25) is 19.5 Å². The van der Waals surface area contributed by atoms with Gasteiger partial charge in [-0.15, -0.1) is 0 Å². The molecule has 2 aliphatic heterocycles. The summed E-state index contributed by atoms with van der Waals surface area (Å²) in [5, 5.41) is 3.95. The van der Waals surface area contributed by atoms with Crippen molar-refractivity contribution in [3.05, 3.63) is 73.3 Å². The molecule has 38 heavy (non-hydrogen) atoms. The minimum absolute atomic E-state index is 0.0230. The molecule has 0 radical (unpaired) electrons. The quantitative estimate of drug-likeness (QED) is 0.538. The molecule has 0 spiro atoms. The molecule has 5 unspecified atom stereocenters. The summed E-state index contributed by atoms with van der Waals surface area (Å²) in [7, 11) is 0. The monoisotopic (exact) mass is 514 g/mol. The van der Waals surface area contributed by atoms with Gasteiger partial charge in [0.2, 0.25) is 5.82 Å². The van der Waals surface area contributed by atoms with E-state index < -0.39 is 11.2 Å². The lowest BCUT2D eigenvalue weighted by molar-refractivity contribution is 0.0491. The molecule has 3 aromatic rings. The molecule has 1 aromatic carbocycles. The first-order valence-corrected chi connectivity index (χ1v) is 14.2. The number of piperidine rings is 1. The van der Waals surface area contributed by atoms with E-state index in [2.05, 4.69) is 26.0 Å². The van der Waals surface area contributed by atoms with Crippen LogP contribution in [0.15, 0.2) is 56.5 Å². The van der Waals surface area contributed by atoms with Crippen LogP contribution in [0.2, 0.25) is 0 Å². The molecule has 2 saturated carbocycles. The van der Waals surface area contributed by atoms with Crippen molar-refractivity contribution in [2.75, 3.05) is 6.54 Å².